The van der Waals surface area contributed by atoms with Crippen molar-refractivity contribution >= 4 is 10.9 Å². The maximum atomic E-state index is 14.2. The van der Waals surface area contributed by atoms with Gasteiger partial charge in [0.25, 0.3) is 0 Å². The topological polar surface area (TPSA) is 78.5 Å². The van der Waals surface area contributed by atoms with Crippen LogP contribution in [0.1, 0.15) is 0 Å². The number of halogens is 1. The Hall–Kier alpha value is -4.20. The minimum atomic E-state index is -0.421. The normalized spacial score (nSPS) is 11.1. The summed E-state index contributed by atoms with van der Waals surface area (Å²) < 4.78 is 17.3. The van der Waals surface area contributed by atoms with E-state index in [4.69, 9.17) is 0 Å². The molecule has 0 saturated carbocycles. The van der Waals surface area contributed by atoms with Gasteiger partial charge in [-0.25, -0.2) is 13.8 Å². The van der Waals surface area contributed by atoms with Crippen molar-refractivity contribution in [3.63, 3.8) is 0 Å². The zero-order chi connectivity index (χ0) is 19.8. The highest BCUT2D eigenvalue weighted by Crippen LogP contribution is 2.25. The lowest BCUT2D eigenvalue weighted by atomic mass is 10.1. The van der Waals surface area contributed by atoms with Crippen LogP contribution in [0, 0.1) is 5.82 Å². The van der Waals surface area contributed by atoms with Crippen molar-refractivity contribution in [3.05, 3.63) is 95.6 Å². The van der Waals surface area contributed by atoms with Crippen molar-refractivity contribution in [2.24, 2.45) is 0 Å². The van der Waals surface area contributed by atoms with Crippen LogP contribution in [0.2, 0.25) is 0 Å². The number of para-hydroxylation sites is 1. The molecule has 29 heavy (non-hydrogen) atoms. The first kappa shape index (κ1) is 16.9. The van der Waals surface area contributed by atoms with Crippen molar-refractivity contribution in [1.29, 1.82) is 0 Å². The Labute approximate surface area is 163 Å². The van der Waals surface area contributed by atoms with Crippen molar-refractivity contribution in [1.82, 2.24) is 29.5 Å². The molecule has 5 rings (SSSR count). The van der Waals surface area contributed by atoms with E-state index >= 15 is 0 Å². The molecule has 0 radical (unpaired) electrons. The van der Waals surface area contributed by atoms with Crippen LogP contribution in [-0.2, 0) is 0 Å². The lowest BCUT2D eigenvalue weighted by molar-refractivity contribution is 0.636. The summed E-state index contributed by atoms with van der Waals surface area (Å²) in [6, 6.07) is 13.2. The number of fused-ring (bicyclic) bond motifs is 1. The molecule has 1 aromatic carbocycles. The van der Waals surface area contributed by atoms with Crippen LogP contribution in [0.15, 0.2) is 84.3 Å². The van der Waals surface area contributed by atoms with Crippen molar-refractivity contribution < 1.29 is 4.39 Å². The molecule has 0 aliphatic rings. The van der Waals surface area contributed by atoms with Gasteiger partial charge in [-0.15, -0.1) is 0 Å². The summed E-state index contributed by atoms with van der Waals surface area (Å²) in [5.41, 5.74) is 2.01. The van der Waals surface area contributed by atoms with Crippen LogP contribution in [0.25, 0.3) is 33.7 Å². The van der Waals surface area contributed by atoms with Crippen LogP contribution in [0.5, 0.6) is 0 Å². The fraction of sp³-hybridized carbons (Fsp3) is 0. The van der Waals surface area contributed by atoms with E-state index in [0.717, 1.165) is 5.69 Å². The van der Waals surface area contributed by atoms with Gasteiger partial charge in [0.05, 0.1) is 29.5 Å². The Morgan fingerprint density at radius 1 is 0.931 bits per heavy atom. The van der Waals surface area contributed by atoms with Gasteiger partial charge in [-0.05, 0) is 30.3 Å². The van der Waals surface area contributed by atoms with Crippen molar-refractivity contribution in [2.45, 2.75) is 0 Å². The van der Waals surface area contributed by atoms with Gasteiger partial charge >= 0.3 is 0 Å². The van der Waals surface area contributed by atoms with E-state index < -0.39 is 5.82 Å². The molecule has 0 amide bonds. The summed E-state index contributed by atoms with van der Waals surface area (Å²) in [5, 5.41) is 9.42. The molecule has 5 aromatic rings. The average molecular weight is 384 g/mol. The Morgan fingerprint density at radius 2 is 1.86 bits per heavy atom. The molecular formula is C21H13FN6O. The summed E-state index contributed by atoms with van der Waals surface area (Å²) in [6.45, 7) is 0. The monoisotopic (exact) mass is 384 g/mol. The van der Waals surface area contributed by atoms with Gasteiger partial charge in [0.2, 0.25) is 5.43 Å². The summed E-state index contributed by atoms with van der Waals surface area (Å²) in [6.07, 6.45) is 7.98. The Balaban J connectivity index is 1.72. The molecule has 0 atom stereocenters. The summed E-state index contributed by atoms with van der Waals surface area (Å²) >= 11 is 0. The number of hydrogen-bond donors (Lipinski definition) is 0. The van der Waals surface area contributed by atoms with Crippen LogP contribution in [0.3, 0.4) is 0 Å². The smallest absolute Gasteiger partial charge is 0.209 e. The number of aromatic nitrogens is 6. The fourth-order valence-electron chi connectivity index (χ4n) is 3.20. The quantitative estimate of drug-likeness (QED) is 0.477. The van der Waals surface area contributed by atoms with Crippen LogP contribution in [0.4, 0.5) is 4.39 Å². The van der Waals surface area contributed by atoms with Gasteiger partial charge in [-0.3, -0.25) is 14.8 Å². The summed E-state index contributed by atoms with van der Waals surface area (Å²) in [4.78, 5) is 20.8. The minimum absolute atomic E-state index is 0.218. The average Bonchev–Trinajstić information content (AvgIpc) is 3.24. The molecule has 140 valence electrons. The predicted octanol–water partition coefficient (Wildman–Crippen LogP) is 3.17. The van der Waals surface area contributed by atoms with Gasteiger partial charge in [-0.1, -0.05) is 12.1 Å². The predicted molar refractivity (Wildman–Crippen MR) is 105 cm³/mol. The maximum absolute atomic E-state index is 14.2. The molecular weight excluding hydrogens is 371 g/mol. The molecule has 7 nitrogen and oxygen atoms in total. The second-order valence-corrected chi connectivity index (χ2v) is 6.28. The molecule has 0 saturated heterocycles. The highest BCUT2D eigenvalue weighted by Gasteiger charge is 2.16. The first-order chi connectivity index (χ1) is 14.2. The number of rotatable bonds is 3. The summed E-state index contributed by atoms with van der Waals surface area (Å²) in [5.74, 6) is -0.421. The Morgan fingerprint density at radius 3 is 2.72 bits per heavy atom. The molecule has 0 fully saturated rings. The van der Waals surface area contributed by atoms with E-state index in [9.17, 15) is 9.18 Å². The lowest BCUT2D eigenvalue weighted by Gasteiger charge is -2.11. The van der Waals surface area contributed by atoms with Gasteiger partial charge in [-0.2, -0.15) is 10.2 Å². The molecule has 4 aromatic heterocycles. The third kappa shape index (κ3) is 2.87. The van der Waals surface area contributed by atoms with Gasteiger partial charge in [0.1, 0.15) is 11.3 Å². The van der Waals surface area contributed by atoms with E-state index in [-0.39, 0.29) is 16.6 Å². The fourth-order valence-corrected chi connectivity index (χ4v) is 3.20. The van der Waals surface area contributed by atoms with Gasteiger partial charge in [0, 0.05) is 30.0 Å². The molecule has 0 spiro atoms. The maximum Gasteiger partial charge on any atom is 0.209 e. The summed E-state index contributed by atoms with van der Waals surface area (Å²) in [7, 11) is 0. The second kappa shape index (κ2) is 6.75. The van der Waals surface area contributed by atoms with Gasteiger partial charge in [0.15, 0.2) is 5.69 Å². The first-order valence-corrected chi connectivity index (χ1v) is 8.81. The molecule has 0 bridgehead atoms. The molecule has 0 unspecified atom stereocenters. The zero-order valence-electron chi connectivity index (χ0n) is 15.0. The molecule has 0 aliphatic heterocycles. The van der Waals surface area contributed by atoms with E-state index in [1.165, 1.54) is 18.3 Å². The number of hydrogen-bond acceptors (Lipinski definition) is 5. The van der Waals surface area contributed by atoms with Crippen LogP contribution in [-0.4, -0.2) is 29.5 Å². The minimum Gasteiger partial charge on any atom is -0.287 e. The van der Waals surface area contributed by atoms with E-state index in [2.05, 4.69) is 20.2 Å². The molecule has 4 heterocycles. The Kier molecular flexibility index (Phi) is 3.94. The molecule has 0 N–H and O–H groups in total. The molecule has 8 heteroatoms. The zero-order valence-corrected chi connectivity index (χ0v) is 15.0. The highest BCUT2D eigenvalue weighted by atomic mass is 19.1. The van der Waals surface area contributed by atoms with E-state index in [0.29, 0.717) is 16.8 Å². The number of nitrogens with zero attached hydrogens (tertiary/aromatic N) is 6. The Bertz CT molecular complexity index is 1390. The molecule has 0 aliphatic carbocycles. The second-order valence-electron chi connectivity index (χ2n) is 6.28. The van der Waals surface area contributed by atoms with Gasteiger partial charge < -0.3 is 0 Å². The first-order valence-electron chi connectivity index (χ1n) is 8.81. The van der Waals surface area contributed by atoms with Crippen molar-refractivity contribution in [2.75, 3.05) is 0 Å². The van der Waals surface area contributed by atoms with E-state index in [1.54, 1.807) is 64.5 Å². The van der Waals surface area contributed by atoms with Crippen LogP contribution >= 0.6 is 0 Å². The van der Waals surface area contributed by atoms with Crippen LogP contribution < -0.4 is 5.43 Å². The number of benzene rings is 1. The number of pyridine rings is 2. The third-order valence-corrected chi connectivity index (χ3v) is 4.53. The largest absolute Gasteiger partial charge is 0.287 e. The van der Waals surface area contributed by atoms with E-state index in [1.807, 2.05) is 6.07 Å². The highest BCUT2D eigenvalue weighted by molar-refractivity contribution is 5.87. The standard InChI is InChI=1S/C21H13FN6O/c22-16-5-1-4-15-17(6-10-24-20(15)16)28-18(7-11-25-28)21-19(29)8-12-27(26-21)14-3-2-9-23-13-14/h1-13H. The third-order valence-electron chi connectivity index (χ3n) is 4.53. The SMILES string of the molecule is O=c1ccn(-c2cccnc2)nc1-c1ccnn1-c1ccnc2c(F)cccc12. The van der Waals surface area contributed by atoms with Crippen molar-refractivity contribution in [3.8, 4) is 22.8 Å². The lowest BCUT2D eigenvalue weighted by Crippen LogP contribution is -2.15.